The summed E-state index contributed by atoms with van der Waals surface area (Å²) in [6, 6.07) is 31.7. The second kappa shape index (κ2) is 11.9. The van der Waals surface area contributed by atoms with Crippen molar-refractivity contribution in [3.63, 3.8) is 0 Å². The summed E-state index contributed by atoms with van der Waals surface area (Å²) in [6.07, 6.45) is 1.53. The minimum atomic E-state index is -3.60. The molecule has 1 aliphatic rings. The van der Waals surface area contributed by atoms with E-state index < -0.39 is 16.3 Å². The van der Waals surface area contributed by atoms with Gasteiger partial charge in [0.15, 0.2) is 6.29 Å². The SMILES string of the molecule is O=S(=O)(NCc1ccc(C2O[C@H](Cn3cnc4ccccc43)C[C@H](c3ccc(CO)cc3)O2)cc1)c1ccccc1. The lowest BCUT2D eigenvalue weighted by atomic mass is 10.00. The Balaban J connectivity index is 1.20. The largest absolute Gasteiger partial charge is 0.392 e. The van der Waals surface area contributed by atoms with E-state index in [1.807, 2.05) is 73.1 Å². The van der Waals surface area contributed by atoms with E-state index >= 15 is 0 Å². The van der Waals surface area contributed by atoms with Crippen LogP contribution in [0.15, 0.2) is 114 Å². The summed E-state index contributed by atoms with van der Waals surface area (Å²) >= 11 is 0. The molecular weight excluding hydrogens is 538 g/mol. The van der Waals surface area contributed by atoms with Crippen molar-refractivity contribution in [1.82, 2.24) is 14.3 Å². The lowest BCUT2D eigenvalue weighted by molar-refractivity contribution is -0.252. The van der Waals surface area contributed by atoms with Crippen molar-refractivity contribution in [1.29, 1.82) is 0 Å². The van der Waals surface area contributed by atoms with Gasteiger partial charge in [0.05, 0.1) is 47.6 Å². The molecule has 0 amide bonds. The topological polar surface area (TPSA) is 103 Å². The first-order valence-electron chi connectivity index (χ1n) is 13.5. The molecule has 0 radical (unpaired) electrons. The van der Waals surface area contributed by atoms with Crippen LogP contribution in [0.25, 0.3) is 11.0 Å². The van der Waals surface area contributed by atoms with Crippen LogP contribution in [0.4, 0.5) is 0 Å². The van der Waals surface area contributed by atoms with Crippen LogP contribution in [0.1, 0.15) is 41.1 Å². The fraction of sp³-hybridized carbons (Fsp3) is 0.219. The summed E-state index contributed by atoms with van der Waals surface area (Å²) in [6.45, 7) is 0.771. The maximum atomic E-state index is 12.6. The molecule has 4 aromatic carbocycles. The Labute approximate surface area is 239 Å². The van der Waals surface area contributed by atoms with Crippen LogP contribution >= 0.6 is 0 Å². The number of nitrogens with one attached hydrogen (secondary N) is 1. The Morgan fingerprint density at radius 3 is 2.27 bits per heavy atom. The predicted octanol–water partition coefficient (Wildman–Crippen LogP) is 5.25. The van der Waals surface area contributed by atoms with E-state index in [9.17, 15) is 13.5 Å². The summed E-state index contributed by atoms with van der Waals surface area (Å²) in [5, 5.41) is 9.47. The third-order valence-corrected chi connectivity index (χ3v) is 8.73. The number of imidazole rings is 1. The quantitative estimate of drug-likeness (QED) is 0.251. The van der Waals surface area contributed by atoms with Crippen LogP contribution in [0, 0.1) is 0 Å². The average Bonchev–Trinajstić information content (AvgIpc) is 3.43. The number of sulfonamides is 1. The molecule has 0 aliphatic carbocycles. The molecule has 8 nitrogen and oxygen atoms in total. The average molecular weight is 570 g/mol. The van der Waals surface area contributed by atoms with E-state index in [2.05, 4.69) is 20.3 Å². The van der Waals surface area contributed by atoms with Gasteiger partial charge in [-0.2, -0.15) is 0 Å². The van der Waals surface area contributed by atoms with Crippen molar-refractivity contribution in [2.24, 2.45) is 0 Å². The number of hydrogen-bond acceptors (Lipinski definition) is 6. The molecule has 3 atom stereocenters. The molecule has 2 N–H and O–H groups in total. The van der Waals surface area contributed by atoms with E-state index in [1.54, 1.807) is 30.3 Å². The maximum Gasteiger partial charge on any atom is 0.240 e. The third-order valence-electron chi connectivity index (χ3n) is 7.31. The number of aliphatic hydroxyl groups is 1. The Hall–Kier alpha value is -3.86. The summed E-state index contributed by atoms with van der Waals surface area (Å²) in [5.74, 6) is 0. The van der Waals surface area contributed by atoms with Gasteiger partial charge < -0.3 is 19.1 Å². The number of fused-ring (bicyclic) bond motifs is 1. The standard InChI is InChI=1S/C32H31N3O5S/c36-21-24-12-14-25(15-13-24)31-18-27(20-35-22-33-29-8-4-5-9-30(29)35)39-32(40-31)26-16-10-23(11-17-26)19-34-41(37,38)28-6-2-1-3-7-28/h1-17,22,27,31-32,34,36H,18-21H2/t27-,31+,32?/m0/s1. The lowest BCUT2D eigenvalue weighted by Gasteiger charge is -2.36. The first-order valence-corrected chi connectivity index (χ1v) is 15.0. The van der Waals surface area contributed by atoms with E-state index in [1.165, 1.54) is 0 Å². The monoisotopic (exact) mass is 569 g/mol. The molecule has 0 saturated carbocycles. The highest BCUT2D eigenvalue weighted by atomic mass is 32.2. The fourth-order valence-corrected chi connectivity index (χ4v) is 6.10. The molecule has 5 aromatic rings. The lowest BCUT2D eigenvalue weighted by Crippen LogP contribution is -2.32. The van der Waals surface area contributed by atoms with Crippen LogP contribution < -0.4 is 4.72 Å². The summed E-state index contributed by atoms with van der Waals surface area (Å²) in [4.78, 5) is 4.76. The number of nitrogens with zero attached hydrogens (tertiary/aromatic N) is 2. The van der Waals surface area contributed by atoms with Gasteiger partial charge in [0.2, 0.25) is 10.0 Å². The van der Waals surface area contributed by atoms with Crippen LogP contribution in [-0.2, 0) is 39.2 Å². The molecule has 6 rings (SSSR count). The molecular formula is C32H31N3O5S. The highest BCUT2D eigenvalue weighted by Gasteiger charge is 2.32. The van der Waals surface area contributed by atoms with Crippen molar-refractivity contribution in [3.8, 4) is 0 Å². The Kier molecular flexibility index (Phi) is 7.95. The normalized spacial score (nSPS) is 19.4. The number of ether oxygens (including phenoxy) is 2. The summed E-state index contributed by atoms with van der Waals surface area (Å²) in [5.41, 5.74) is 5.51. The zero-order valence-corrected chi connectivity index (χ0v) is 23.2. The number of benzene rings is 4. The van der Waals surface area contributed by atoms with Crippen LogP contribution in [0.5, 0.6) is 0 Å². The molecule has 0 spiro atoms. The third kappa shape index (κ3) is 6.24. The molecule has 1 fully saturated rings. The highest BCUT2D eigenvalue weighted by molar-refractivity contribution is 7.89. The Bertz CT molecular complexity index is 1700. The number of aliphatic hydroxyl groups excluding tert-OH is 1. The van der Waals surface area contributed by atoms with Crippen LogP contribution in [-0.4, -0.2) is 29.2 Å². The maximum absolute atomic E-state index is 12.6. The smallest absolute Gasteiger partial charge is 0.240 e. The van der Waals surface area contributed by atoms with Gasteiger partial charge in [0.1, 0.15) is 0 Å². The summed E-state index contributed by atoms with van der Waals surface area (Å²) in [7, 11) is -3.60. The molecule has 2 heterocycles. The Morgan fingerprint density at radius 1 is 0.829 bits per heavy atom. The van der Waals surface area contributed by atoms with Gasteiger partial charge in [-0.25, -0.2) is 18.1 Å². The van der Waals surface area contributed by atoms with E-state index in [-0.39, 0.29) is 30.3 Å². The number of aromatic nitrogens is 2. The molecule has 1 saturated heterocycles. The van der Waals surface area contributed by atoms with Crippen molar-refractivity contribution >= 4 is 21.1 Å². The van der Waals surface area contributed by atoms with Gasteiger partial charge in [-0.1, -0.05) is 78.9 Å². The molecule has 9 heteroatoms. The minimum Gasteiger partial charge on any atom is -0.392 e. The fourth-order valence-electron chi connectivity index (χ4n) is 5.06. The molecule has 1 unspecified atom stereocenters. The number of hydrogen-bond donors (Lipinski definition) is 2. The van der Waals surface area contributed by atoms with E-state index in [0.29, 0.717) is 13.0 Å². The van der Waals surface area contributed by atoms with Crippen molar-refractivity contribution in [2.75, 3.05) is 0 Å². The van der Waals surface area contributed by atoms with Gasteiger partial charge in [0, 0.05) is 18.5 Å². The van der Waals surface area contributed by atoms with Crippen molar-refractivity contribution in [3.05, 3.63) is 132 Å². The highest BCUT2D eigenvalue weighted by Crippen LogP contribution is 2.38. The summed E-state index contributed by atoms with van der Waals surface area (Å²) < 4.78 is 42.9. The molecule has 1 aliphatic heterocycles. The Morgan fingerprint density at radius 2 is 1.51 bits per heavy atom. The van der Waals surface area contributed by atoms with Gasteiger partial charge in [-0.15, -0.1) is 0 Å². The molecule has 41 heavy (non-hydrogen) atoms. The van der Waals surface area contributed by atoms with Crippen LogP contribution in [0.3, 0.4) is 0 Å². The van der Waals surface area contributed by atoms with Crippen molar-refractivity contribution in [2.45, 2.75) is 49.5 Å². The van der Waals surface area contributed by atoms with Gasteiger partial charge in [-0.3, -0.25) is 0 Å². The first-order chi connectivity index (χ1) is 20.0. The van der Waals surface area contributed by atoms with Gasteiger partial charge in [0.25, 0.3) is 0 Å². The van der Waals surface area contributed by atoms with E-state index in [0.717, 1.165) is 33.3 Å². The van der Waals surface area contributed by atoms with E-state index in [4.69, 9.17) is 9.47 Å². The second-order valence-electron chi connectivity index (χ2n) is 10.1. The van der Waals surface area contributed by atoms with Crippen LogP contribution in [0.2, 0.25) is 0 Å². The number of rotatable bonds is 9. The zero-order chi connectivity index (χ0) is 28.2. The minimum absolute atomic E-state index is 0.0122. The zero-order valence-electron chi connectivity index (χ0n) is 22.3. The molecule has 1 aromatic heterocycles. The molecule has 210 valence electrons. The van der Waals surface area contributed by atoms with Crippen molar-refractivity contribution < 1.29 is 23.0 Å². The predicted molar refractivity (Wildman–Crippen MR) is 155 cm³/mol. The van der Waals surface area contributed by atoms with Gasteiger partial charge in [-0.05, 0) is 41.0 Å². The second-order valence-corrected chi connectivity index (χ2v) is 11.9. The first kappa shape index (κ1) is 27.3. The number of para-hydroxylation sites is 2. The van der Waals surface area contributed by atoms with Gasteiger partial charge >= 0.3 is 0 Å². The molecule has 0 bridgehead atoms.